The Labute approximate surface area is 143 Å². The zero-order chi connectivity index (χ0) is 16.0. The van der Waals surface area contributed by atoms with Gasteiger partial charge in [-0.3, -0.25) is 0 Å². The van der Waals surface area contributed by atoms with Gasteiger partial charge in [0.25, 0.3) is 0 Å². The maximum absolute atomic E-state index is 5.01. The monoisotopic (exact) mass is 329 g/mol. The van der Waals surface area contributed by atoms with Gasteiger partial charge >= 0.3 is 0 Å². The van der Waals surface area contributed by atoms with Crippen molar-refractivity contribution in [2.45, 2.75) is 38.6 Å². The number of piperidine rings is 1. The smallest absolute Gasteiger partial charge is 0.0985 e. The van der Waals surface area contributed by atoms with Crippen LogP contribution in [0.15, 0.2) is 18.2 Å². The number of nitrogens with zero attached hydrogens (tertiary/aromatic N) is 2. The molecule has 124 valence electrons. The molecule has 0 saturated carbocycles. The van der Waals surface area contributed by atoms with E-state index in [4.69, 9.17) is 4.98 Å². The second kappa shape index (κ2) is 6.15. The van der Waals surface area contributed by atoms with Gasteiger partial charge in [-0.15, -0.1) is 11.3 Å². The highest BCUT2D eigenvalue weighted by Crippen LogP contribution is 2.37. The summed E-state index contributed by atoms with van der Waals surface area (Å²) < 4.78 is 1.34. The Balaban J connectivity index is 1.60. The van der Waals surface area contributed by atoms with Crippen molar-refractivity contribution in [1.82, 2.24) is 15.2 Å². The molecule has 1 aromatic heterocycles. The van der Waals surface area contributed by atoms with E-state index in [1.807, 2.05) is 11.3 Å². The molecule has 0 spiro atoms. The van der Waals surface area contributed by atoms with E-state index >= 15 is 0 Å². The molecule has 3 nitrogen and oxygen atoms in total. The molecular formula is C19H27N3S. The van der Waals surface area contributed by atoms with E-state index in [0.717, 1.165) is 19.0 Å². The summed E-state index contributed by atoms with van der Waals surface area (Å²) >= 11 is 1.90. The van der Waals surface area contributed by atoms with E-state index < -0.39 is 0 Å². The lowest BCUT2D eigenvalue weighted by Crippen LogP contribution is -2.31. The molecule has 4 atom stereocenters. The number of nitrogens with one attached hydrogen (secondary N) is 1. The normalized spacial score (nSPS) is 32.7. The van der Waals surface area contributed by atoms with E-state index in [1.165, 1.54) is 40.2 Å². The van der Waals surface area contributed by atoms with Crippen LogP contribution in [0.2, 0.25) is 0 Å². The molecule has 4 heteroatoms. The lowest BCUT2D eigenvalue weighted by atomic mass is 9.92. The fourth-order valence-electron chi connectivity index (χ4n) is 4.15. The van der Waals surface area contributed by atoms with Crippen LogP contribution in [0.3, 0.4) is 0 Å². The number of fused-ring (bicyclic) bond motifs is 1. The first-order valence-electron chi connectivity index (χ1n) is 8.92. The number of rotatable bonds is 2. The average molecular weight is 330 g/mol. The van der Waals surface area contributed by atoms with Crippen LogP contribution in [-0.2, 0) is 0 Å². The van der Waals surface area contributed by atoms with Crippen molar-refractivity contribution in [1.29, 1.82) is 0 Å². The van der Waals surface area contributed by atoms with Gasteiger partial charge in [0, 0.05) is 25.0 Å². The molecule has 1 aromatic carbocycles. The Bertz CT molecular complexity index is 687. The number of hydrogen-bond donors (Lipinski definition) is 1. The van der Waals surface area contributed by atoms with Gasteiger partial charge in [-0.25, -0.2) is 4.98 Å². The molecule has 3 heterocycles. The van der Waals surface area contributed by atoms with Gasteiger partial charge in [0.1, 0.15) is 0 Å². The van der Waals surface area contributed by atoms with Gasteiger partial charge in [-0.1, -0.05) is 19.9 Å². The van der Waals surface area contributed by atoms with Crippen LogP contribution in [0.5, 0.6) is 0 Å². The highest BCUT2D eigenvalue weighted by molar-refractivity contribution is 7.18. The average Bonchev–Trinajstić information content (AvgIpc) is 3.09. The summed E-state index contributed by atoms with van der Waals surface area (Å²) in [5.41, 5.74) is 2.61. The van der Waals surface area contributed by atoms with E-state index in [-0.39, 0.29) is 0 Å². The Morgan fingerprint density at radius 3 is 2.78 bits per heavy atom. The minimum atomic E-state index is 0.511. The van der Waals surface area contributed by atoms with Crippen molar-refractivity contribution < 1.29 is 0 Å². The van der Waals surface area contributed by atoms with Gasteiger partial charge in [0.05, 0.1) is 15.2 Å². The third kappa shape index (κ3) is 3.04. The Morgan fingerprint density at radius 1 is 1.22 bits per heavy atom. The zero-order valence-electron chi connectivity index (χ0n) is 14.4. The Morgan fingerprint density at radius 2 is 2.09 bits per heavy atom. The molecule has 2 fully saturated rings. The van der Waals surface area contributed by atoms with E-state index in [0.29, 0.717) is 17.9 Å². The molecule has 2 aliphatic heterocycles. The van der Waals surface area contributed by atoms with Gasteiger partial charge in [0.15, 0.2) is 0 Å². The molecule has 1 N–H and O–H groups in total. The summed E-state index contributed by atoms with van der Waals surface area (Å²) in [4.78, 5) is 7.44. The SMILES string of the molecule is C[C@H]1CC[C@H](c2ccc3sc([C@@H]4CN(C)C[C@H]4C)nc3c2)NC1. The summed E-state index contributed by atoms with van der Waals surface area (Å²) in [5.74, 6) is 2.12. The fraction of sp³-hybridized carbons (Fsp3) is 0.632. The summed E-state index contributed by atoms with van der Waals surface area (Å²) in [5, 5.41) is 5.03. The van der Waals surface area contributed by atoms with Crippen molar-refractivity contribution in [2.24, 2.45) is 11.8 Å². The number of hydrogen-bond acceptors (Lipinski definition) is 4. The molecule has 0 bridgehead atoms. The summed E-state index contributed by atoms with van der Waals surface area (Å²) in [7, 11) is 2.22. The summed E-state index contributed by atoms with van der Waals surface area (Å²) in [6, 6.07) is 7.43. The summed E-state index contributed by atoms with van der Waals surface area (Å²) in [6.07, 6.45) is 2.57. The number of thiazole rings is 1. The van der Waals surface area contributed by atoms with Crippen LogP contribution in [-0.4, -0.2) is 36.6 Å². The first kappa shape index (κ1) is 15.6. The number of likely N-dealkylation sites (tertiary alicyclic amines) is 1. The van der Waals surface area contributed by atoms with Crippen LogP contribution in [0.4, 0.5) is 0 Å². The van der Waals surface area contributed by atoms with Crippen molar-refractivity contribution in [3.8, 4) is 0 Å². The highest BCUT2D eigenvalue weighted by Gasteiger charge is 2.31. The minimum Gasteiger partial charge on any atom is -0.310 e. The second-order valence-corrected chi connectivity index (χ2v) is 8.79. The molecular weight excluding hydrogens is 302 g/mol. The van der Waals surface area contributed by atoms with Crippen LogP contribution in [0.25, 0.3) is 10.2 Å². The predicted molar refractivity (Wildman–Crippen MR) is 98.2 cm³/mol. The van der Waals surface area contributed by atoms with Crippen molar-refractivity contribution in [3.63, 3.8) is 0 Å². The van der Waals surface area contributed by atoms with E-state index in [9.17, 15) is 0 Å². The molecule has 0 radical (unpaired) electrons. The van der Waals surface area contributed by atoms with Crippen LogP contribution in [0, 0.1) is 11.8 Å². The Hall–Kier alpha value is -0.970. The topological polar surface area (TPSA) is 28.2 Å². The van der Waals surface area contributed by atoms with Crippen molar-refractivity contribution >= 4 is 21.6 Å². The molecule has 0 unspecified atom stereocenters. The number of aromatic nitrogens is 1. The van der Waals surface area contributed by atoms with Crippen molar-refractivity contribution in [3.05, 3.63) is 28.8 Å². The molecule has 4 rings (SSSR count). The quantitative estimate of drug-likeness (QED) is 0.902. The van der Waals surface area contributed by atoms with Gasteiger partial charge < -0.3 is 10.2 Å². The highest BCUT2D eigenvalue weighted by atomic mass is 32.1. The van der Waals surface area contributed by atoms with Crippen LogP contribution >= 0.6 is 11.3 Å². The third-order valence-corrected chi connectivity index (χ3v) is 6.77. The molecule has 0 aliphatic carbocycles. The van der Waals surface area contributed by atoms with E-state index in [2.05, 4.69) is 49.3 Å². The molecule has 2 saturated heterocycles. The van der Waals surface area contributed by atoms with Gasteiger partial charge in [0.2, 0.25) is 0 Å². The maximum Gasteiger partial charge on any atom is 0.0985 e. The number of likely N-dealkylation sites (N-methyl/N-ethyl adjacent to an activating group) is 1. The predicted octanol–water partition coefficient (Wildman–Crippen LogP) is 4.02. The van der Waals surface area contributed by atoms with Crippen molar-refractivity contribution in [2.75, 3.05) is 26.7 Å². The van der Waals surface area contributed by atoms with Gasteiger partial charge in [-0.2, -0.15) is 0 Å². The summed E-state index contributed by atoms with van der Waals surface area (Å²) in [6.45, 7) is 8.17. The second-order valence-electron chi connectivity index (χ2n) is 7.73. The lowest BCUT2D eigenvalue weighted by Gasteiger charge is -2.28. The standard InChI is InChI=1S/C19H27N3S/c1-12-4-6-16(20-9-12)14-5-7-18-17(8-14)21-19(23-18)15-11-22(3)10-13(15)2/h5,7-8,12-13,15-16,20H,4,6,9-11H2,1-3H3/t12-,13+,15+,16+/m0/s1. The molecule has 2 aliphatic rings. The van der Waals surface area contributed by atoms with Crippen LogP contribution < -0.4 is 5.32 Å². The number of benzene rings is 1. The largest absolute Gasteiger partial charge is 0.310 e. The molecule has 23 heavy (non-hydrogen) atoms. The first-order valence-corrected chi connectivity index (χ1v) is 9.74. The molecule has 2 aromatic rings. The fourth-order valence-corrected chi connectivity index (χ4v) is 5.32. The van der Waals surface area contributed by atoms with E-state index in [1.54, 1.807) is 0 Å². The first-order chi connectivity index (χ1) is 11.1. The Kier molecular flexibility index (Phi) is 4.16. The minimum absolute atomic E-state index is 0.511. The van der Waals surface area contributed by atoms with Crippen LogP contribution in [0.1, 0.15) is 49.2 Å². The molecule has 0 amide bonds. The third-order valence-electron chi connectivity index (χ3n) is 5.60. The van der Waals surface area contributed by atoms with Gasteiger partial charge in [-0.05, 0) is 56.0 Å². The lowest BCUT2D eigenvalue weighted by molar-refractivity contribution is 0.333. The maximum atomic E-state index is 5.01. The zero-order valence-corrected chi connectivity index (χ0v) is 15.2.